The number of benzene rings is 1. The van der Waals surface area contributed by atoms with E-state index in [-0.39, 0.29) is 5.91 Å². The highest BCUT2D eigenvalue weighted by Crippen LogP contribution is 2.14. The number of anilines is 1. The zero-order valence-corrected chi connectivity index (χ0v) is 10.8. The Balaban J connectivity index is 2.58. The van der Waals surface area contributed by atoms with Crippen molar-refractivity contribution in [3.05, 3.63) is 29.8 Å². The number of amides is 1. The molecule has 0 aliphatic carbocycles. The van der Waals surface area contributed by atoms with E-state index in [1.807, 2.05) is 24.3 Å². The van der Waals surface area contributed by atoms with Crippen LogP contribution in [0.1, 0.15) is 36.5 Å². The van der Waals surface area contributed by atoms with Crippen LogP contribution in [0.3, 0.4) is 0 Å². The van der Waals surface area contributed by atoms with Gasteiger partial charge in [0.15, 0.2) is 0 Å². The summed E-state index contributed by atoms with van der Waals surface area (Å²) in [4.78, 5) is 12.0. The van der Waals surface area contributed by atoms with Gasteiger partial charge in [-0.3, -0.25) is 4.79 Å². The Labute approximate surface area is 109 Å². The van der Waals surface area contributed by atoms with Crippen LogP contribution in [0.15, 0.2) is 24.3 Å². The number of hydrogen-bond donors (Lipinski definition) is 2. The van der Waals surface area contributed by atoms with Crippen LogP contribution < -0.4 is 10.6 Å². The van der Waals surface area contributed by atoms with E-state index < -0.39 is 0 Å². The highest BCUT2D eigenvalue weighted by molar-refractivity contribution is 5.99. The van der Waals surface area contributed by atoms with Crippen molar-refractivity contribution in [3.8, 4) is 12.3 Å². The van der Waals surface area contributed by atoms with Gasteiger partial charge >= 0.3 is 0 Å². The summed E-state index contributed by atoms with van der Waals surface area (Å²) in [5, 5.41) is 6.13. The van der Waals surface area contributed by atoms with Crippen LogP contribution in [0, 0.1) is 12.3 Å². The van der Waals surface area contributed by atoms with Gasteiger partial charge in [-0.05, 0) is 25.0 Å². The van der Waals surface area contributed by atoms with Crippen LogP contribution in [-0.2, 0) is 0 Å². The molecule has 0 atom stereocenters. The molecule has 0 aliphatic heterocycles. The maximum Gasteiger partial charge on any atom is 0.253 e. The highest BCUT2D eigenvalue weighted by Gasteiger charge is 2.09. The maximum atomic E-state index is 12.0. The van der Waals surface area contributed by atoms with Gasteiger partial charge in [-0.1, -0.05) is 19.1 Å². The Morgan fingerprint density at radius 2 is 2.11 bits per heavy atom. The third-order valence-electron chi connectivity index (χ3n) is 2.52. The molecule has 0 bridgehead atoms. The lowest BCUT2D eigenvalue weighted by Crippen LogP contribution is -2.25. The van der Waals surface area contributed by atoms with Crippen LogP contribution in [0.4, 0.5) is 5.69 Å². The molecule has 1 aromatic carbocycles. The fourth-order valence-electron chi connectivity index (χ4n) is 1.58. The summed E-state index contributed by atoms with van der Waals surface area (Å²) in [6, 6.07) is 7.54. The fraction of sp³-hybridized carbons (Fsp3) is 0.400. The molecule has 0 saturated heterocycles. The van der Waals surface area contributed by atoms with E-state index in [4.69, 9.17) is 6.42 Å². The van der Waals surface area contributed by atoms with Crippen molar-refractivity contribution in [1.82, 2.24) is 5.32 Å². The minimum atomic E-state index is -0.0498. The smallest absolute Gasteiger partial charge is 0.253 e. The first-order valence-corrected chi connectivity index (χ1v) is 6.34. The van der Waals surface area contributed by atoms with Crippen LogP contribution in [-0.4, -0.2) is 19.0 Å². The maximum absolute atomic E-state index is 12.0. The van der Waals surface area contributed by atoms with Gasteiger partial charge in [0.05, 0.1) is 5.56 Å². The van der Waals surface area contributed by atoms with E-state index in [9.17, 15) is 4.79 Å². The molecular weight excluding hydrogens is 224 g/mol. The number of hydrogen-bond acceptors (Lipinski definition) is 2. The Bertz CT molecular complexity index is 421. The van der Waals surface area contributed by atoms with Gasteiger partial charge < -0.3 is 10.6 Å². The average Bonchev–Trinajstić information content (AvgIpc) is 2.41. The molecule has 96 valence electrons. The second-order valence-electron chi connectivity index (χ2n) is 4.04. The standard InChI is InChI=1S/C15H20N2O/c1-3-5-8-12-17-15(18)13-9-6-7-10-14(13)16-11-4-2/h1,6-7,9-10,16H,4-5,8,11-12H2,2H3,(H,17,18). The number of terminal acetylenes is 1. The van der Waals surface area contributed by atoms with Gasteiger partial charge in [-0.15, -0.1) is 12.3 Å². The van der Waals surface area contributed by atoms with E-state index in [2.05, 4.69) is 23.5 Å². The van der Waals surface area contributed by atoms with Crippen LogP contribution in [0.25, 0.3) is 0 Å². The predicted molar refractivity (Wildman–Crippen MR) is 75.6 cm³/mol. The van der Waals surface area contributed by atoms with Gasteiger partial charge in [-0.2, -0.15) is 0 Å². The molecule has 0 aromatic heterocycles. The summed E-state index contributed by atoms with van der Waals surface area (Å²) in [7, 11) is 0. The SMILES string of the molecule is C#CCCCNC(=O)c1ccccc1NCCC. The molecule has 1 amide bonds. The Kier molecular flexibility index (Phi) is 6.42. The molecule has 0 aliphatic rings. The second-order valence-corrected chi connectivity index (χ2v) is 4.04. The lowest BCUT2D eigenvalue weighted by molar-refractivity contribution is 0.0954. The summed E-state index contributed by atoms with van der Waals surface area (Å²) in [5.41, 5.74) is 1.57. The van der Waals surface area contributed by atoms with Gasteiger partial charge in [0.1, 0.15) is 0 Å². The summed E-state index contributed by atoms with van der Waals surface area (Å²) in [6.45, 7) is 3.57. The second kappa shape index (κ2) is 8.19. The minimum absolute atomic E-state index is 0.0498. The quantitative estimate of drug-likeness (QED) is 0.572. The number of rotatable bonds is 7. The van der Waals surface area contributed by atoms with Crippen molar-refractivity contribution in [1.29, 1.82) is 0 Å². The number of carbonyl (C=O) groups excluding carboxylic acids is 1. The molecule has 1 rings (SSSR count). The minimum Gasteiger partial charge on any atom is -0.384 e. The fourth-order valence-corrected chi connectivity index (χ4v) is 1.58. The topological polar surface area (TPSA) is 41.1 Å². The average molecular weight is 244 g/mol. The summed E-state index contributed by atoms with van der Waals surface area (Å²) >= 11 is 0. The van der Waals surface area contributed by atoms with Crippen molar-refractivity contribution < 1.29 is 4.79 Å². The number of para-hydroxylation sites is 1. The molecule has 0 spiro atoms. The third kappa shape index (κ3) is 4.50. The predicted octanol–water partition coefficient (Wildman–Crippen LogP) is 2.65. The first-order chi connectivity index (χ1) is 8.79. The summed E-state index contributed by atoms with van der Waals surface area (Å²) in [5.74, 6) is 2.51. The Morgan fingerprint density at radius 3 is 2.83 bits per heavy atom. The van der Waals surface area contributed by atoms with Gasteiger partial charge in [-0.25, -0.2) is 0 Å². The molecule has 0 radical (unpaired) electrons. The third-order valence-corrected chi connectivity index (χ3v) is 2.52. The van der Waals surface area contributed by atoms with Gasteiger partial charge in [0.25, 0.3) is 5.91 Å². The first kappa shape index (κ1) is 14.1. The monoisotopic (exact) mass is 244 g/mol. The van der Waals surface area contributed by atoms with Crippen LogP contribution in [0.2, 0.25) is 0 Å². The summed E-state index contributed by atoms with van der Waals surface area (Å²) in [6.07, 6.45) is 7.69. The number of carbonyl (C=O) groups is 1. The molecule has 2 N–H and O–H groups in total. The van der Waals surface area contributed by atoms with Crippen molar-refractivity contribution in [2.75, 3.05) is 18.4 Å². The van der Waals surface area contributed by atoms with E-state index in [0.29, 0.717) is 18.5 Å². The van der Waals surface area contributed by atoms with Crippen molar-refractivity contribution in [3.63, 3.8) is 0 Å². The molecular formula is C15H20N2O. The molecule has 3 heteroatoms. The van der Waals surface area contributed by atoms with Crippen molar-refractivity contribution in [2.45, 2.75) is 26.2 Å². The zero-order valence-electron chi connectivity index (χ0n) is 10.8. The molecule has 0 unspecified atom stereocenters. The highest BCUT2D eigenvalue weighted by atomic mass is 16.1. The molecule has 0 saturated carbocycles. The molecule has 0 heterocycles. The largest absolute Gasteiger partial charge is 0.384 e. The summed E-state index contributed by atoms with van der Waals surface area (Å²) < 4.78 is 0. The molecule has 18 heavy (non-hydrogen) atoms. The van der Waals surface area contributed by atoms with E-state index in [0.717, 1.165) is 25.1 Å². The van der Waals surface area contributed by atoms with Crippen LogP contribution in [0.5, 0.6) is 0 Å². The molecule has 1 aromatic rings. The Morgan fingerprint density at radius 1 is 1.33 bits per heavy atom. The van der Waals surface area contributed by atoms with E-state index in [1.165, 1.54) is 0 Å². The van der Waals surface area contributed by atoms with Crippen molar-refractivity contribution in [2.24, 2.45) is 0 Å². The van der Waals surface area contributed by atoms with Crippen LogP contribution >= 0.6 is 0 Å². The Hall–Kier alpha value is -1.95. The van der Waals surface area contributed by atoms with Gasteiger partial charge in [0.2, 0.25) is 0 Å². The molecule has 0 fully saturated rings. The number of nitrogens with one attached hydrogen (secondary N) is 2. The zero-order chi connectivity index (χ0) is 13.2. The number of unbranched alkanes of at least 4 members (excludes halogenated alkanes) is 1. The lowest BCUT2D eigenvalue weighted by atomic mass is 10.1. The van der Waals surface area contributed by atoms with E-state index >= 15 is 0 Å². The van der Waals surface area contributed by atoms with E-state index in [1.54, 1.807) is 0 Å². The van der Waals surface area contributed by atoms with Gasteiger partial charge in [0, 0.05) is 25.2 Å². The lowest BCUT2D eigenvalue weighted by Gasteiger charge is -2.11. The normalized spacial score (nSPS) is 9.56. The first-order valence-electron chi connectivity index (χ1n) is 6.34. The molecule has 3 nitrogen and oxygen atoms in total. The van der Waals surface area contributed by atoms with Crippen molar-refractivity contribution >= 4 is 11.6 Å².